The van der Waals surface area contributed by atoms with E-state index in [1.807, 2.05) is 19.1 Å². The van der Waals surface area contributed by atoms with E-state index < -0.39 is 6.09 Å². The van der Waals surface area contributed by atoms with Gasteiger partial charge in [0.25, 0.3) is 0 Å². The third kappa shape index (κ3) is 3.93. The number of nitrogens with two attached hydrogens (primary N) is 1. The summed E-state index contributed by atoms with van der Waals surface area (Å²) in [5.74, 6) is 0.644. The summed E-state index contributed by atoms with van der Waals surface area (Å²) >= 11 is 0. The Morgan fingerprint density at radius 3 is 2.25 bits per heavy atom. The molecule has 0 aliphatic carbocycles. The van der Waals surface area contributed by atoms with Gasteiger partial charge in [-0.2, -0.15) is 0 Å². The predicted octanol–water partition coefficient (Wildman–Crippen LogP) is 3.04. The van der Waals surface area contributed by atoms with Gasteiger partial charge in [-0.3, -0.25) is 0 Å². The molecule has 3 nitrogen and oxygen atoms in total. The highest BCUT2D eigenvalue weighted by atomic mass is 16.6. The molecule has 1 aromatic carbocycles. The van der Waals surface area contributed by atoms with Crippen LogP contribution in [-0.4, -0.2) is 6.09 Å². The summed E-state index contributed by atoms with van der Waals surface area (Å²) in [6.07, 6.45) is 0.0371. The smallest absolute Gasteiger partial charge is 0.405 e. The average molecular weight is 221 g/mol. The third-order valence-electron chi connectivity index (χ3n) is 2.39. The molecular weight excluding hydrogens is 202 g/mol. The Kier molecular flexibility index (Phi) is 4.35. The van der Waals surface area contributed by atoms with Crippen molar-refractivity contribution in [2.45, 2.75) is 33.3 Å². The Labute approximate surface area is 96.6 Å². The molecule has 16 heavy (non-hydrogen) atoms. The summed E-state index contributed by atoms with van der Waals surface area (Å²) in [5, 5.41) is 0. The first kappa shape index (κ1) is 12.6. The third-order valence-corrected chi connectivity index (χ3v) is 2.39. The summed E-state index contributed by atoms with van der Waals surface area (Å²) in [6, 6.07) is 8.09. The highest BCUT2D eigenvalue weighted by Crippen LogP contribution is 2.18. The monoisotopic (exact) mass is 221 g/mol. The topological polar surface area (TPSA) is 52.3 Å². The van der Waals surface area contributed by atoms with Crippen LogP contribution in [0.15, 0.2) is 24.3 Å². The lowest BCUT2D eigenvalue weighted by atomic mass is 10.0. The van der Waals surface area contributed by atoms with Gasteiger partial charge in [-0.1, -0.05) is 38.1 Å². The maximum absolute atomic E-state index is 10.6. The molecule has 2 N–H and O–H groups in total. The van der Waals surface area contributed by atoms with Gasteiger partial charge in [0.05, 0.1) is 0 Å². The second kappa shape index (κ2) is 5.54. The molecule has 0 aromatic heterocycles. The Bertz CT molecular complexity index is 343. The summed E-state index contributed by atoms with van der Waals surface area (Å²) in [7, 11) is 0. The standard InChI is InChI=1S/C13H19NO2/c1-9(2)8-11-4-6-12(7-5-11)10(3)16-13(14)15/h4-7,9-10H,8H2,1-3H3,(H2,14,15). The number of rotatable bonds is 4. The van der Waals surface area contributed by atoms with Crippen LogP contribution in [-0.2, 0) is 11.2 Å². The van der Waals surface area contributed by atoms with E-state index in [4.69, 9.17) is 10.5 Å². The van der Waals surface area contributed by atoms with Crippen LogP contribution in [0.3, 0.4) is 0 Å². The first-order chi connectivity index (χ1) is 7.49. The lowest BCUT2D eigenvalue weighted by Crippen LogP contribution is -2.15. The maximum atomic E-state index is 10.6. The molecule has 1 rings (SSSR count). The molecule has 0 fully saturated rings. The van der Waals surface area contributed by atoms with Gasteiger partial charge in [-0.15, -0.1) is 0 Å². The maximum Gasteiger partial charge on any atom is 0.405 e. The largest absolute Gasteiger partial charge is 0.442 e. The van der Waals surface area contributed by atoms with E-state index in [0.29, 0.717) is 5.92 Å². The molecule has 1 unspecified atom stereocenters. The SMILES string of the molecule is CC(C)Cc1ccc(C(C)OC(N)=O)cc1. The van der Waals surface area contributed by atoms with E-state index in [-0.39, 0.29) is 6.10 Å². The van der Waals surface area contributed by atoms with Crippen LogP contribution >= 0.6 is 0 Å². The van der Waals surface area contributed by atoms with E-state index in [1.54, 1.807) is 0 Å². The Morgan fingerprint density at radius 1 is 1.25 bits per heavy atom. The van der Waals surface area contributed by atoms with Crippen molar-refractivity contribution in [2.75, 3.05) is 0 Å². The minimum absolute atomic E-state index is 0.286. The van der Waals surface area contributed by atoms with Gasteiger partial charge in [-0.05, 0) is 30.4 Å². The molecule has 1 atom stereocenters. The fraction of sp³-hybridized carbons (Fsp3) is 0.462. The van der Waals surface area contributed by atoms with Gasteiger partial charge >= 0.3 is 6.09 Å². The minimum Gasteiger partial charge on any atom is -0.442 e. The lowest BCUT2D eigenvalue weighted by molar-refractivity contribution is 0.116. The van der Waals surface area contributed by atoms with E-state index in [0.717, 1.165) is 12.0 Å². The van der Waals surface area contributed by atoms with Crippen LogP contribution in [0.5, 0.6) is 0 Å². The fourth-order valence-electron chi connectivity index (χ4n) is 1.64. The molecule has 0 bridgehead atoms. The summed E-state index contributed by atoms with van der Waals surface area (Å²) in [4.78, 5) is 10.6. The van der Waals surface area contributed by atoms with Crippen LogP contribution < -0.4 is 5.73 Å². The molecule has 3 heteroatoms. The van der Waals surface area contributed by atoms with E-state index in [2.05, 4.69) is 26.0 Å². The van der Waals surface area contributed by atoms with Crippen LogP contribution in [0.4, 0.5) is 4.79 Å². The van der Waals surface area contributed by atoms with Gasteiger partial charge in [0.15, 0.2) is 0 Å². The summed E-state index contributed by atoms with van der Waals surface area (Å²) in [6.45, 7) is 6.18. The molecule has 0 radical (unpaired) electrons. The van der Waals surface area contributed by atoms with Gasteiger partial charge in [-0.25, -0.2) is 4.79 Å². The first-order valence-electron chi connectivity index (χ1n) is 5.54. The number of ether oxygens (including phenoxy) is 1. The number of benzene rings is 1. The van der Waals surface area contributed by atoms with Crippen molar-refractivity contribution in [3.8, 4) is 0 Å². The molecule has 88 valence electrons. The average Bonchev–Trinajstić information content (AvgIpc) is 2.16. The van der Waals surface area contributed by atoms with Crippen molar-refractivity contribution < 1.29 is 9.53 Å². The van der Waals surface area contributed by atoms with E-state index in [1.165, 1.54) is 5.56 Å². The van der Waals surface area contributed by atoms with Crippen molar-refractivity contribution in [3.05, 3.63) is 35.4 Å². The molecule has 0 saturated carbocycles. The number of carbonyl (C=O) groups excluding carboxylic acids is 1. The molecule has 0 saturated heterocycles. The molecular formula is C13H19NO2. The molecule has 0 spiro atoms. The molecule has 1 aromatic rings. The first-order valence-corrected chi connectivity index (χ1v) is 5.54. The van der Waals surface area contributed by atoms with Crippen LogP contribution in [0.25, 0.3) is 0 Å². The number of carbonyl (C=O) groups is 1. The summed E-state index contributed by atoms with van der Waals surface area (Å²) < 4.78 is 4.90. The molecule has 0 heterocycles. The second-order valence-electron chi connectivity index (χ2n) is 4.42. The van der Waals surface area contributed by atoms with Crippen LogP contribution in [0.1, 0.15) is 38.0 Å². The number of hydrogen-bond donors (Lipinski definition) is 1. The number of primary amides is 1. The van der Waals surface area contributed by atoms with E-state index >= 15 is 0 Å². The van der Waals surface area contributed by atoms with Crippen molar-refractivity contribution in [1.82, 2.24) is 0 Å². The lowest BCUT2D eigenvalue weighted by Gasteiger charge is -2.12. The van der Waals surface area contributed by atoms with Crippen molar-refractivity contribution in [1.29, 1.82) is 0 Å². The normalized spacial score (nSPS) is 12.5. The molecule has 0 aliphatic rings. The van der Waals surface area contributed by atoms with Gasteiger partial charge in [0.2, 0.25) is 0 Å². The molecule has 1 amide bonds. The summed E-state index contributed by atoms with van der Waals surface area (Å²) in [5.41, 5.74) is 7.23. The quantitative estimate of drug-likeness (QED) is 0.849. The Morgan fingerprint density at radius 2 is 1.81 bits per heavy atom. The Hall–Kier alpha value is -1.51. The highest BCUT2D eigenvalue weighted by Gasteiger charge is 2.08. The zero-order valence-corrected chi connectivity index (χ0v) is 10.1. The van der Waals surface area contributed by atoms with Crippen molar-refractivity contribution >= 4 is 6.09 Å². The van der Waals surface area contributed by atoms with Gasteiger partial charge in [0, 0.05) is 0 Å². The van der Waals surface area contributed by atoms with E-state index in [9.17, 15) is 4.79 Å². The minimum atomic E-state index is -0.737. The highest BCUT2D eigenvalue weighted by molar-refractivity contribution is 5.65. The number of amides is 1. The Balaban J connectivity index is 2.66. The predicted molar refractivity (Wildman–Crippen MR) is 64.1 cm³/mol. The zero-order valence-electron chi connectivity index (χ0n) is 10.1. The van der Waals surface area contributed by atoms with Crippen LogP contribution in [0.2, 0.25) is 0 Å². The van der Waals surface area contributed by atoms with Crippen molar-refractivity contribution in [3.63, 3.8) is 0 Å². The zero-order chi connectivity index (χ0) is 12.1. The van der Waals surface area contributed by atoms with Crippen molar-refractivity contribution in [2.24, 2.45) is 11.7 Å². The van der Waals surface area contributed by atoms with Crippen LogP contribution in [0, 0.1) is 5.92 Å². The fourth-order valence-corrected chi connectivity index (χ4v) is 1.64. The second-order valence-corrected chi connectivity index (χ2v) is 4.42. The van der Waals surface area contributed by atoms with Gasteiger partial charge < -0.3 is 10.5 Å². The molecule has 0 aliphatic heterocycles. The van der Waals surface area contributed by atoms with Gasteiger partial charge in [0.1, 0.15) is 6.10 Å². The number of hydrogen-bond acceptors (Lipinski definition) is 2.